The van der Waals surface area contributed by atoms with Crippen molar-refractivity contribution in [2.45, 2.75) is 13.8 Å². The van der Waals surface area contributed by atoms with Gasteiger partial charge in [-0.3, -0.25) is 0 Å². The summed E-state index contributed by atoms with van der Waals surface area (Å²) in [4.78, 5) is 0. The van der Waals surface area contributed by atoms with Gasteiger partial charge >= 0.3 is 0 Å². The fourth-order valence-electron chi connectivity index (χ4n) is 2.78. The van der Waals surface area contributed by atoms with Crippen LogP contribution in [0.15, 0.2) is 48.5 Å². The number of rotatable bonds is 1. The van der Waals surface area contributed by atoms with Crippen LogP contribution in [0.1, 0.15) is 11.1 Å². The summed E-state index contributed by atoms with van der Waals surface area (Å²) in [6, 6.07) is 15.6. The SMILES string of the molecule is Cc1ccccc1-c1cc(F)c2c(C)cccc2[n+]1C. The fraction of sp³-hybridized carbons (Fsp3) is 0.167. The van der Waals surface area contributed by atoms with Crippen molar-refractivity contribution in [1.29, 1.82) is 0 Å². The van der Waals surface area contributed by atoms with Gasteiger partial charge in [-0.1, -0.05) is 30.3 Å². The van der Waals surface area contributed by atoms with Crippen LogP contribution in [0.25, 0.3) is 22.2 Å². The molecule has 2 aromatic carbocycles. The summed E-state index contributed by atoms with van der Waals surface area (Å²) in [6.45, 7) is 3.99. The summed E-state index contributed by atoms with van der Waals surface area (Å²) in [5.74, 6) is -0.158. The van der Waals surface area contributed by atoms with E-state index in [4.69, 9.17) is 0 Å². The van der Waals surface area contributed by atoms with Crippen LogP contribution in [-0.2, 0) is 7.05 Å². The summed E-state index contributed by atoms with van der Waals surface area (Å²) >= 11 is 0. The maximum atomic E-state index is 14.5. The van der Waals surface area contributed by atoms with E-state index in [1.807, 2.05) is 63.4 Å². The Kier molecular flexibility index (Phi) is 3.01. The highest BCUT2D eigenvalue weighted by Gasteiger charge is 2.20. The van der Waals surface area contributed by atoms with Gasteiger partial charge in [0, 0.05) is 17.7 Å². The lowest BCUT2D eigenvalue weighted by atomic mass is 10.0. The van der Waals surface area contributed by atoms with Crippen molar-refractivity contribution in [2.24, 2.45) is 7.05 Å². The highest BCUT2D eigenvalue weighted by Crippen LogP contribution is 2.26. The van der Waals surface area contributed by atoms with Gasteiger partial charge in [-0.25, -0.2) is 4.39 Å². The first-order chi connectivity index (χ1) is 9.59. The molecule has 0 bridgehead atoms. The van der Waals surface area contributed by atoms with E-state index in [9.17, 15) is 4.39 Å². The second-order valence-corrected chi connectivity index (χ2v) is 5.22. The Morgan fingerprint density at radius 2 is 1.60 bits per heavy atom. The Balaban J connectivity index is 2.40. The van der Waals surface area contributed by atoms with Crippen molar-refractivity contribution in [2.75, 3.05) is 0 Å². The minimum atomic E-state index is -0.158. The molecule has 0 fully saturated rings. The molecule has 0 atom stereocenters. The van der Waals surface area contributed by atoms with Gasteiger partial charge in [0.05, 0.1) is 5.39 Å². The lowest BCUT2D eigenvalue weighted by molar-refractivity contribution is -0.633. The third-order valence-corrected chi connectivity index (χ3v) is 3.90. The first-order valence-corrected chi connectivity index (χ1v) is 6.73. The van der Waals surface area contributed by atoms with Crippen molar-refractivity contribution in [3.05, 3.63) is 65.5 Å². The average Bonchev–Trinajstić information content (AvgIpc) is 2.43. The van der Waals surface area contributed by atoms with Crippen molar-refractivity contribution in [3.63, 3.8) is 0 Å². The number of hydrogen-bond donors (Lipinski definition) is 0. The van der Waals surface area contributed by atoms with E-state index in [0.29, 0.717) is 5.39 Å². The Bertz CT molecular complexity index is 806. The zero-order valence-corrected chi connectivity index (χ0v) is 11.9. The number of fused-ring (bicyclic) bond motifs is 1. The van der Waals surface area contributed by atoms with Gasteiger partial charge < -0.3 is 0 Å². The molecule has 0 radical (unpaired) electrons. The van der Waals surface area contributed by atoms with Crippen LogP contribution in [0, 0.1) is 19.7 Å². The molecule has 0 unspecified atom stereocenters. The molecule has 0 N–H and O–H groups in total. The highest BCUT2D eigenvalue weighted by atomic mass is 19.1. The van der Waals surface area contributed by atoms with E-state index in [1.54, 1.807) is 6.07 Å². The number of nitrogens with zero attached hydrogens (tertiary/aromatic N) is 1. The smallest absolute Gasteiger partial charge is 0.206 e. The van der Waals surface area contributed by atoms with Crippen LogP contribution in [-0.4, -0.2) is 0 Å². The number of hydrogen-bond acceptors (Lipinski definition) is 0. The van der Waals surface area contributed by atoms with Crippen molar-refractivity contribution < 1.29 is 8.96 Å². The standard InChI is InChI=1S/C18H17FN/c1-12-7-4-5-9-14(12)17-11-15(19)18-13(2)8-6-10-16(18)20(17)3/h4-11H,1-3H3/q+1. The first kappa shape index (κ1) is 12.8. The van der Waals surface area contributed by atoms with Crippen molar-refractivity contribution in [3.8, 4) is 11.3 Å². The Labute approximate surface area is 118 Å². The lowest BCUT2D eigenvalue weighted by Gasteiger charge is -2.08. The van der Waals surface area contributed by atoms with Crippen LogP contribution in [0.5, 0.6) is 0 Å². The summed E-state index contributed by atoms with van der Waals surface area (Å²) in [6.07, 6.45) is 0. The summed E-state index contributed by atoms with van der Waals surface area (Å²) < 4.78 is 16.6. The summed E-state index contributed by atoms with van der Waals surface area (Å²) in [7, 11) is 1.99. The Morgan fingerprint density at radius 1 is 0.900 bits per heavy atom. The van der Waals surface area contributed by atoms with E-state index < -0.39 is 0 Å². The monoisotopic (exact) mass is 266 g/mol. The molecule has 0 spiro atoms. The van der Waals surface area contributed by atoms with Crippen LogP contribution in [0.4, 0.5) is 4.39 Å². The molecular formula is C18H17FN+. The molecule has 3 rings (SSSR count). The van der Waals surface area contributed by atoms with Gasteiger partial charge in [0.2, 0.25) is 11.2 Å². The van der Waals surface area contributed by atoms with Gasteiger partial charge in [-0.2, -0.15) is 4.57 Å². The van der Waals surface area contributed by atoms with Crippen LogP contribution in [0.2, 0.25) is 0 Å². The van der Waals surface area contributed by atoms with Gasteiger partial charge in [-0.15, -0.1) is 0 Å². The van der Waals surface area contributed by atoms with Crippen LogP contribution < -0.4 is 4.57 Å². The molecule has 0 aliphatic heterocycles. The Hall–Kier alpha value is -2.22. The van der Waals surface area contributed by atoms with Gasteiger partial charge in [0.1, 0.15) is 12.9 Å². The molecule has 1 heterocycles. The molecule has 0 aliphatic rings. The maximum Gasteiger partial charge on any atom is 0.215 e. The highest BCUT2D eigenvalue weighted by molar-refractivity contribution is 5.82. The number of aryl methyl sites for hydroxylation is 3. The van der Waals surface area contributed by atoms with Crippen LogP contribution in [0.3, 0.4) is 0 Å². The number of aromatic nitrogens is 1. The summed E-state index contributed by atoms with van der Waals surface area (Å²) in [5.41, 5.74) is 5.00. The molecule has 2 heteroatoms. The number of halogens is 1. The zero-order chi connectivity index (χ0) is 14.3. The summed E-state index contributed by atoms with van der Waals surface area (Å²) in [5, 5.41) is 0.701. The predicted molar refractivity (Wildman–Crippen MR) is 80.0 cm³/mol. The molecule has 20 heavy (non-hydrogen) atoms. The van der Waals surface area contributed by atoms with Gasteiger partial charge in [0.15, 0.2) is 0 Å². The van der Waals surface area contributed by atoms with E-state index in [2.05, 4.69) is 4.57 Å². The van der Waals surface area contributed by atoms with Crippen molar-refractivity contribution >= 4 is 10.9 Å². The minimum Gasteiger partial charge on any atom is -0.206 e. The molecule has 1 nitrogen and oxygen atoms in total. The third-order valence-electron chi connectivity index (χ3n) is 3.90. The average molecular weight is 266 g/mol. The van der Waals surface area contributed by atoms with E-state index in [0.717, 1.165) is 27.9 Å². The normalized spacial score (nSPS) is 11.0. The van der Waals surface area contributed by atoms with Crippen molar-refractivity contribution in [1.82, 2.24) is 0 Å². The zero-order valence-electron chi connectivity index (χ0n) is 11.9. The third kappa shape index (κ3) is 1.88. The number of pyridine rings is 1. The molecule has 0 amide bonds. The molecule has 0 saturated carbocycles. The molecule has 100 valence electrons. The van der Waals surface area contributed by atoms with E-state index >= 15 is 0 Å². The second-order valence-electron chi connectivity index (χ2n) is 5.22. The topological polar surface area (TPSA) is 3.88 Å². The molecule has 3 aromatic rings. The van der Waals surface area contributed by atoms with E-state index in [1.165, 1.54) is 0 Å². The lowest BCUT2D eigenvalue weighted by Crippen LogP contribution is -2.32. The quantitative estimate of drug-likeness (QED) is 0.584. The molecular weight excluding hydrogens is 249 g/mol. The first-order valence-electron chi connectivity index (χ1n) is 6.73. The fourth-order valence-corrected chi connectivity index (χ4v) is 2.78. The van der Waals surface area contributed by atoms with E-state index in [-0.39, 0.29) is 5.82 Å². The minimum absolute atomic E-state index is 0.158. The molecule has 1 aromatic heterocycles. The largest absolute Gasteiger partial charge is 0.215 e. The molecule has 0 saturated heterocycles. The van der Waals surface area contributed by atoms with Crippen LogP contribution >= 0.6 is 0 Å². The maximum absolute atomic E-state index is 14.5. The predicted octanol–water partition coefficient (Wildman–Crippen LogP) is 4.09. The second kappa shape index (κ2) is 4.71. The molecule has 0 aliphatic carbocycles. The van der Waals surface area contributed by atoms with Gasteiger partial charge in [-0.05, 0) is 31.0 Å². The number of benzene rings is 2. The van der Waals surface area contributed by atoms with Gasteiger partial charge in [0.25, 0.3) is 0 Å². The Morgan fingerprint density at radius 3 is 2.35 bits per heavy atom.